The van der Waals surface area contributed by atoms with Crippen LogP contribution in [-0.2, 0) is 9.53 Å². The molecule has 7 heteroatoms. The van der Waals surface area contributed by atoms with Crippen molar-refractivity contribution in [2.24, 2.45) is 0 Å². The van der Waals surface area contributed by atoms with Crippen LogP contribution in [0.5, 0.6) is 0 Å². The van der Waals surface area contributed by atoms with Gasteiger partial charge in [-0.1, -0.05) is 12.1 Å². The molecule has 2 unspecified atom stereocenters. The Morgan fingerprint density at radius 1 is 1.48 bits per heavy atom. The molecule has 1 aliphatic rings. The van der Waals surface area contributed by atoms with Crippen molar-refractivity contribution < 1.29 is 19.0 Å². The number of amides is 1. The highest BCUT2D eigenvalue weighted by atomic mass is 35.5. The summed E-state index contributed by atoms with van der Waals surface area (Å²) in [6.45, 7) is 2.05. The molecule has 3 N–H and O–H groups in total. The molecular formula is C14H20ClFN2O3. The number of rotatable bonds is 5. The molecule has 5 nitrogen and oxygen atoms in total. The van der Waals surface area contributed by atoms with Crippen LogP contribution in [0, 0.1) is 5.82 Å². The topological polar surface area (TPSA) is 70.6 Å². The van der Waals surface area contributed by atoms with Gasteiger partial charge in [-0.25, -0.2) is 4.39 Å². The molecule has 2 atom stereocenters. The fourth-order valence-corrected chi connectivity index (χ4v) is 2.06. The van der Waals surface area contributed by atoms with Crippen LogP contribution >= 0.6 is 12.4 Å². The zero-order chi connectivity index (χ0) is 14.4. The summed E-state index contributed by atoms with van der Waals surface area (Å²) in [6.07, 6.45) is -0.522. The molecule has 0 radical (unpaired) electrons. The second-order valence-corrected chi connectivity index (χ2v) is 4.80. The lowest BCUT2D eigenvalue weighted by molar-refractivity contribution is -0.122. The summed E-state index contributed by atoms with van der Waals surface area (Å²) in [4.78, 5) is 11.7. The smallest absolute Gasteiger partial charge is 0.221 e. The van der Waals surface area contributed by atoms with E-state index in [4.69, 9.17) is 4.74 Å². The second-order valence-electron chi connectivity index (χ2n) is 4.80. The second kappa shape index (κ2) is 8.94. The lowest BCUT2D eigenvalue weighted by Crippen LogP contribution is -2.44. The number of carbonyl (C=O) groups excluding carboxylic acids is 1. The van der Waals surface area contributed by atoms with Gasteiger partial charge in [0.1, 0.15) is 5.82 Å². The zero-order valence-corrected chi connectivity index (χ0v) is 12.4. The Morgan fingerprint density at radius 2 is 2.19 bits per heavy atom. The first-order chi connectivity index (χ1) is 9.65. The molecule has 0 spiro atoms. The van der Waals surface area contributed by atoms with Gasteiger partial charge in [-0.15, -0.1) is 12.4 Å². The molecule has 0 saturated carbocycles. The fraction of sp³-hybridized carbons (Fsp3) is 0.500. The van der Waals surface area contributed by atoms with Crippen molar-refractivity contribution in [3.8, 4) is 0 Å². The lowest BCUT2D eigenvalue weighted by atomic mass is 10.1. The van der Waals surface area contributed by atoms with E-state index in [0.717, 1.165) is 6.54 Å². The third-order valence-corrected chi connectivity index (χ3v) is 3.18. The van der Waals surface area contributed by atoms with Crippen molar-refractivity contribution >= 4 is 18.3 Å². The Morgan fingerprint density at radius 3 is 2.81 bits per heavy atom. The molecule has 1 aromatic carbocycles. The highest BCUT2D eigenvalue weighted by Gasteiger charge is 2.17. The van der Waals surface area contributed by atoms with Gasteiger partial charge < -0.3 is 20.5 Å². The molecule has 1 heterocycles. The summed E-state index contributed by atoms with van der Waals surface area (Å²) >= 11 is 0. The SMILES string of the molecule is Cl.O=C(CC1COCCN1)NCC(O)c1ccc(F)cc1. The summed E-state index contributed by atoms with van der Waals surface area (Å²) < 4.78 is 18.0. The third kappa shape index (κ3) is 5.97. The molecular weight excluding hydrogens is 299 g/mol. The number of halogens is 2. The summed E-state index contributed by atoms with van der Waals surface area (Å²) in [5.74, 6) is -0.498. The first kappa shape index (κ1) is 17.8. The molecule has 1 aromatic rings. The fourth-order valence-electron chi connectivity index (χ4n) is 2.06. The van der Waals surface area contributed by atoms with Gasteiger partial charge in [0, 0.05) is 25.6 Å². The molecule has 2 rings (SSSR count). The highest BCUT2D eigenvalue weighted by Crippen LogP contribution is 2.12. The predicted molar refractivity (Wildman–Crippen MR) is 78.8 cm³/mol. The maximum absolute atomic E-state index is 12.8. The molecule has 1 amide bonds. The van der Waals surface area contributed by atoms with Crippen molar-refractivity contribution in [3.05, 3.63) is 35.6 Å². The molecule has 1 saturated heterocycles. The monoisotopic (exact) mass is 318 g/mol. The number of hydrogen-bond donors (Lipinski definition) is 3. The Kier molecular flexibility index (Phi) is 7.60. The number of nitrogens with one attached hydrogen (secondary N) is 2. The number of aliphatic hydroxyl groups excluding tert-OH is 1. The van der Waals surface area contributed by atoms with Gasteiger partial charge in [-0.05, 0) is 17.7 Å². The van der Waals surface area contributed by atoms with Crippen LogP contribution in [0.4, 0.5) is 4.39 Å². The van der Waals surface area contributed by atoms with E-state index in [0.29, 0.717) is 25.2 Å². The molecule has 0 bridgehead atoms. The van der Waals surface area contributed by atoms with Gasteiger partial charge in [-0.2, -0.15) is 0 Å². The summed E-state index contributed by atoms with van der Waals surface area (Å²) in [5, 5.41) is 15.7. The van der Waals surface area contributed by atoms with E-state index in [1.807, 2.05) is 0 Å². The molecule has 118 valence electrons. The number of ether oxygens (including phenoxy) is 1. The van der Waals surface area contributed by atoms with E-state index in [-0.39, 0.29) is 36.7 Å². The zero-order valence-electron chi connectivity index (χ0n) is 11.5. The summed E-state index contributed by atoms with van der Waals surface area (Å²) in [7, 11) is 0. The normalized spacial score (nSPS) is 19.4. The summed E-state index contributed by atoms with van der Waals surface area (Å²) in [5.41, 5.74) is 0.575. The van der Waals surface area contributed by atoms with E-state index in [1.165, 1.54) is 24.3 Å². The highest BCUT2D eigenvalue weighted by molar-refractivity contribution is 5.85. The van der Waals surface area contributed by atoms with Crippen LogP contribution in [0.3, 0.4) is 0 Å². The van der Waals surface area contributed by atoms with E-state index in [1.54, 1.807) is 0 Å². The van der Waals surface area contributed by atoms with Crippen molar-refractivity contribution in [3.63, 3.8) is 0 Å². The third-order valence-electron chi connectivity index (χ3n) is 3.18. The first-order valence-corrected chi connectivity index (χ1v) is 6.66. The minimum absolute atomic E-state index is 0. The first-order valence-electron chi connectivity index (χ1n) is 6.66. The van der Waals surface area contributed by atoms with Gasteiger partial charge in [0.15, 0.2) is 0 Å². The van der Waals surface area contributed by atoms with Crippen LogP contribution in [-0.4, -0.2) is 43.4 Å². The minimum atomic E-state index is -0.838. The number of hydrogen-bond acceptors (Lipinski definition) is 4. The largest absolute Gasteiger partial charge is 0.387 e. The van der Waals surface area contributed by atoms with Gasteiger partial charge >= 0.3 is 0 Å². The van der Waals surface area contributed by atoms with Gasteiger partial charge in [0.25, 0.3) is 0 Å². The van der Waals surface area contributed by atoms with E-state index < -0.39 is 6.10 Å². The average Bonchev–Trinajstić information content (AvgIpc) is 2.46. The number of carbonyl (C=O) groups is 1. The van der Waals surface area contributed by atoms with E-state index in [9.17, 15) is 14.3 Å². The van der Waals surface area contributed by atoms with Gasteiger partial charge in [0.05, 0.1) is 19.3 Å². The Balaban J connectivity index is 0.00000220. The molecule has 0 aromatic heterocycles. The van der Waals surface area contributed by atoms with Crippen LogP contribution in [0.2, 0.25) is 0 Å². The molecule has 1 fully saturated rings. The Labute approximate surface area is 129 Å². The quantitative estimate of drug-likeness (QED) is 0.750. The van der Waals surface area contributed by atoms with Crippen LogP contribution in [0.15, 0.2) is 24.3 Å². The van der Waals surface area contributed by atoms with Crippen LogP contribution in [0.25, 0.3) is 0 Å². The van der Waals surface area contributed by atoms with Crippen molar-refractivity contribution in [2.45, 2.75) is 18.6 Å². The minimum Gasteiger partial charge on any atom is -0.387 e. The molecule has 1 aliphatic heterocycles. The van der Waals surface area contributed by atoms with Crippen molar-refractivity contribution in [2.75, 3.05) is 26.3 Å². The number of morpholine rings is 1. The van der Waals surface area contributed by atoms with Gasteiger partial charge in [0.2, 0.25) is 5.91 Å². The molecule has 21 heavy (non-hydrogen) atoms. The van der Waals surface area contributed by atoms with Gasteiger partial charge in [-0.3, -0.25) is 4.79 Å². The number of aliphatic hydroxyl groups is 1. The van der Waals surface area contributed by atoms with Crippen LogP contribution in [0.1, 0.15) is 18.1 Å². The average molecular weight is 319 g/mol. The Hall–Kier alpha value is -1.21. The van der Waals surface area contributed by atoms with E-state index >= 15 is 0 Å². The maximum atomic E-state index is 12.8. The van der Waals surface area contributed by atoms with Crippen molar-refractivity contribution in [1.82, 2.24) is 10.6 Å². The lowest BCUT2D eigenvalue weighted by Gasteiger charge is -2.23. The van der Waals surface area contributed by atoms with Crippen molar-refractivity contribution in [1.29, 1.82) is 0 Å². The maximum Gasteiger partial charge on any atom is 0.221 e. The standard InChI is InChI=1S/C14H19FN2O3.ClH/c15-11-3-1-10(2-4-11)13(18)8-17-14(19)7-12-9-20-6-5-16-12;/h1-4,12-13,16,18H,5-9H2,(H,17,19);1H. The number of benzene rings is 1. The summed E-state index contributed by atoms with van der Waals surface area (Å²) in [6, 6.07) is 5.59. The Bertz CT molecular complexity index is 438. The predicted octanol–water partition coefficient (Wildman–Crippen LogP) is 0.776. The van der Waals surface area contributed by atoms with Crippen LogP contribution < -0.4 is 10.6 Å². The molecule has 0 aliphatic carbocycles. The van der Waals surface area contributed by atoms with E-state index in [2.05, 4.69) is 10.6 Å².